The topological polar surface area (TPSA) is 80.6 Å². The van der Waals surface area contributed by atoms with Crippen LogP contribution in [-0.2, 0) is 23.3 Å². The Kier molecular flexibility index (Phi) is 4.18. The Morgan fingerprint density at radius 2 is 2.30 bits per heavy atom. The fourth-order valence-electron chi connectivity index (χ4n) is 4.01. The van der Waals surface area contributed by atoms with Crippen molar-refractivity contribution in [1.29, 1.82) is 0 Å². The summed E-state index contributed by atoms with van der Waals surface area (Å²) >= 11 is 1.60. The van der Waals surface area contributed by atoms with Crippen LogP contribution < -0.4 is 10.6 Å². The number of imidazole rings is 1. The third kappa shape index (κ3) is 3.03. The number of ether oxygens (including phenoxy) is 1. The number of rotatable bonds is 3. The summed E-state index contributed by atoms with van der Waals surface area (Å²) in [4.78, 5) is 23.3. The van der Waals surface area contributed by atoms with Crippen molar-refractivity contribution in [2.24, 2.45) is 0 Å². The summed E-state index contributed by atoms with van der Waals surface area (Å²) in [5.74, 6) is -0.0475. The number of hydrogen-bond acceptors (Lipinski definition) is 6. The number of carbonyl (C=O) groups excluding carboxylic acids is 1. The highest BCUT2D eigenvalue weighted by atomic mass is 32.1. The minimum atomic E-state index is -0.206. The quantitative estimate of drug-likeness (QED) is 0.722. The molecular formula is C19H21N5O2S. The van der Waals surface area contributed by atoms with Crippen LogP contribution in [0.1, 0.15) is 38.6 Å². The molecule has 8 heteroatoms. The molecule has 1 saturated heterocycles. The van der Waals surface area contributed by atoms with E-state index in [1.165, 1.54) is 10.4 Å². The van der Waals surface area contributed by atoms with Crippen molar-refractivity contribution in [3.05, 3.63) is 51.9 Å². The Bertz CT molecular complexity index is 956. The zero-order valence-electron chi connectivity index (χ0n) is 14.9. The fraction of sp³-hybridized carbons (Fsp3) is 0.421. The molecule has 7 nitrogen and oxygen atoms in total. The molecular weight excluding hydrogens is 362 g/mol. The fourth-order valence-corrected chi connectivity index (χ4v) is 5.16. The number of amides is 1. The van der Waals surface area contributed by atoms with Crippen LogP contribution in [0, 0.1) is 0 Å². The highest BCUT2D eigenvalue weighted by molar-refractivity contribution is 7.14. The van der Waals surface area contributed by atoms with E-state index in [4.69, 9.17) is 4.74 Å². The van der Waals surface area contributed by atoms with Gasteiger partial charge in [-0.2, -0.15) is 0 Å². The average Bonchev–Trinajstić information content (AvgIpc) is 3.32. The Hall–Kier alpha value is -2.29. The smallest absolute Gasteiger partial charge is 0.261 e. The molecule has 0 bridgehead atoms. The minimum absolute atomic E-state index is 0.0475. The molecule has 3 aromatic heterocycles. The molecule has 140 valence electrons. The van der Waals surface area contributed by atoms with Crippen LogP contribution in [0.2, 0.25) is 0 Å². The zero-order chi connectivity index (χ0) is 18.3. The maximum absolute atomic E-state index is 12.7. The van der Waals surface area contributed by atoms with Gasteiger partial charge in [-0.05, 0) is 37.6 Å². The van der Waals surface area contributed by atoms with Crippen molar-refractivity contribution in [1.82, 2.24) is 25.0 Å². The first kappa shape index (κ1) is 16.9. The second-order valence-electron chi connectivity index (χ2n) is 7.05. The summed E-state index contributed by atoms with van der Waals surface area (Å²) < 4.78 is 8.10. The van der Waals surface area contributed by atoms with Crippen molar-refractivity contribution < 1.29 is 9.53 Å². The first-order valence-corrected chi connectivity index (χ1v) is 10.1. The standard InChI is InChI=1S/C19H21N5O2S/c25-18(22-10-13-12-24-7-6-21-11-17(24)23-13)16-9-14-15(27-16)1-8-26-19(14)2-4-20-5-3-19/h6-7,9,11-12,20H,1-5,8,10H2,(H,22,25). The summed E-state index contributed by atoms with van der Waals surface area (Å²) in [5, 5.41) is 6.40. The first-order chi connectivity index (χ1) is 13.2. The Morgan fingerprint density at radius 1 is 1.41 bits per heavy atom. The van der Waals surface area contributed by atoms with Gasteiger partial charge in [0.25, 0.3) is 5.91 Å². The number of carbonyl (C=O) groups is 1. The predicted molar refractivity (Wildman–Crippen MR) is 102 cm³/mol. The van der Waals surface area contributed by atoms with Gasteiger partial charge in [-0.3, -0.25) is 9.78 Å². The van der Waals surface area contributed by atoms with Crippen LogP contribution in [0.5, 0.6) is 0 Å². The Labute approximate surface area is 160 Å². The molecule has 0 atom stereocenters. The van der Waals surface area contributed by atoms with Gasteiger partial charge in [-0.1, -0.05) is 0 Å². The van der Waals surface area contributed by atoms with E-state index in [1.807, 2.05) is 22.9 Å². The second kappa shape index (κ2) is 6.70. The van der Waals surface area contributed by atoms with E-state index >= 15 is 0 Å². The van der Waals surface area contributed by atoms with Crippen molar-refractivity contribution in [2.45, 2.75) is 31.4 Å². The lowest BCUT2D eigenvalue weighted by atomic mass is 9.83. The SMILES string of the molecule is O=C(NCc1cn2ccncc2n1)c1cc2c(s1)CCOC21CCNCC1. The van der Waals surface area contributed by atoms with Gasteiger partial charge in [0.15, 0.2) is 5.65 Å². The summed E-state index contributed by atoms with van der Waals surface area (Å²) in [6.45, 7) is 3.05. The lowest BCUT2D eigenvalue weighted by Gasteiger charge is -2.40. The summed E-state index contributed by atoms with van der Waals surface area (Å²) in [7, 11) is 0. The van der Waals surface area contributed by atoms with E-state index < -0.39 is 0 Å². The lowest BCUT2D eigenvalue weighted by molar-refractivity contribution is -0.0792. The molecule has 2 N–H and O–H groups in total. The van der Waals surface area contributed by atoms with Gasteiger partial charge in [0, 0.05) is 29.9 Å². The average molecular weight is 383 g/mol. The highest BCUT2D eigenvalue weighted by Crippen LogP contribution is 2.43. The third-order valence-corrected chi connectivity index (χ3v) is 6.58. The number of piperidine rings is 1. The van der Waals surface area contributed by atoms with Crippen molar-refractivity contribution in [3.63, 3.8) is 0 Å². The van der Waals surface area contributed by atoms with Gasteiger partial charge in [-0.25, -0.2) is 4.98 Å². The van der Waals surface area contributed by atoms with E-state index in [9.17, 15) is 4.79 Å². The molecule has 27 heavy (non-hydrogen) atoms. The Morgan fingerprint density at radius 3 is 3.15 bits per heavy atom. The number of nitrogens with one attached hydrogen (secondary N) is 2. The number of fused-ring (bicyclic) bond motifs is 3. The lowest BCUT2D eigenvalue weighted by Crippen LogP contribution is -2.44. The van der Waals surface area contributed by atoms with Gasteiger partial charge < -0.3 is 19.8 Å². The number of nitrogens with zero attached hydrogens (tertiary/aromatic N) is 3. The van der Waals surface area contributed by atoms with Crippen LogP contribution in [-0.4, -0.2) is 40.0 Å². The number of thiophene rings is 1. The largest absolute Gasteiger partial charge is 0.370 e. The summed E-state index contributed by atoms with van der Waals surface area (Å²) in [6.07, 6.45) is 10.00. The maximum atomic E-state index is 12.7. The van der Waals surface area contributed by atoms with Crippen LogP contribution in [0.25, 0.3) is 5.65 Å². The predicted octanol–water partition coefficient (Wildman–Crippen LogP) is 1.87. The minimum Gasteiger partial charge on any atom is -0.370 e. The van der Waals surface area contributed by atoms with E-state index in [0.717, 1.165) is 55.2 Å². The molecule has 0 aliphatic carbocycles. The summed E-state index contributed by atoms with van der Waals surface area (Å²) in [6, 6.07) is 2.05. The molecule has 0 aromatic carbocycles. The molecule has 1 amide bonds. The van der Waals surface area contributed by atoms with Gasteiger partial charge in [0.1, 0.15) is 0 Å². The normalized spacial score (nSPS) is 18.5. The molecule has 5 rings (SSSR count). The molecule has 1 spiro atoms. The zero-order valence-corrected chi connectivity index (χ0v) is 15.7. The monoisotopic (exact) mass is 383 g/mol. The molecule has 1 fully saturated rings. The highest BCUT2D eigenvalue weighted by Gasteiger charge is 2.40. The maximum Gasteiger partial charge on any atom is 0.261 e. The van der Waals surface area contributed by atoms with Crippen LogP contribution in [0.3, 0.4) is 0 Å². The van der Waals surface area contributed by atoms with Crippen LogP contribution in [0.15, 0.2) is 30.9 Å². The number of hydrogen-bond donors (Lipinski definition) is 2. The van der Waals surface area contributed by atoms with Crippen LogP contribution >= 0.6 is 11.3 Å². The second-order valence-corrected chi connectivity index (χ2v) is 8.18. The van der Waals surface area contributed by atoms with Gasteiger partial charge in [-0.15, -0.1) is 11.3 Å². The van der Waals surface area contributed by atoms with E-state index in [0.29, 0.717) is 6.54 Å². The van der Waals surface area contributed by atoms with Crippen molar-refractivity contribution in [3.8, 4) is 0 Å². The van der Waals surface area contributed by atoms with E-state index in [1.54, 1.807) is 23.7 Å². The van der Waals surface area contributed by atoms with E-state index in [2.05, 4.69) is 20.6 Å². The van der Waals surface area contributed by atoms with E-state index in [-0.39, 0.29) is 11.5 Å². The van der Waals surface area contributed by atoms with Crippen molar-refractivity contribution >= 4 is 22.9 Å². The number of aromatic nitrogens is 3. The van der Waals surface area contributed by atoms with Crippen LogP contribution in [0.4, 0.5) is 0 Å². The summed E-state index contributed by atoms with van der Waals surface area (Å²) in [5.41, 5.74) is 2.61. The molecule has 2 aliphatic rings. The molecule has 5 heterocycles. The molecule has 0 unspecified atom stereocenters. The van der Waals surface area contributed by atoms with Gasteiger partial charge in [0.2, 0.25) is 0 Å². The molecule has 0 saturated carbocycles. The third-order valence-electron chi connectivity index (χ3n) is 5.39. The van der Waals surface area contributed by atoms with Crippen molar-refractivity contribution in [2.75, 3.05) is 19.7 Å². The Balaban J connectivity index is 1.33. The molecule has 0 radical (unpaired) electrons. The first-order valence-electron chi connectivity index (χ1n) is 9.27. The molecule has 2 aliphatic heterocycles. The van der Waals surface area contributed by atoms with Gasteiger partial charge in [0.05, 0.1) is 35.5 Å². The molecule has 3 aromatic rings. The van der Waals surface area contributed by atoms with Gasteiger partial charge >= 0.3 is 0 Å².